The van der Waals surface area contributed by atoms with Gasteiger partial charge >= 0.3 is 0 Å². The maximum Gasteiger partial charge on any atom is 0.0233 e. The SMILES string of the molecule is CC.CC.CN1CCC(N(C)Cc2ccccc2)CC1. The Hall–Kier alpha value is -0.860. The van der Waals surface area contributed by atoms with Gasteiger partial charge in [-0.25, -0.2) is 0 Å². The van der Waals surface area contributed by atoms with Crippen molar-refractivity contribution in [2.45, 2.75) is 53.1 Å². The predicted molar refractivity (Wildman–Crippen MR) is 91.1 cm³/mol. The lowest BCUT2D eigenvalue weighted by Crippen LogP contribution is -2.41. The molecule has 1 aliphatic heterocycles. The smallest absolute Gasteiger partial charge is 0.0233 e. The van der Waals surface area contributed by atoms with Crippen molar-refractivity contribution >= 4 is 0 Å². The lowest BCUT2D eigenvalue weighted by atomic mass is 10.0. The molecule has 1 heterocycles. The highest BCUT2D eigenvalue weighted by atomic mass is 15.2. The van der Waals surface area contributed by atoms with E-state index < -0.39 is 0 Å². The van der Waals surface area contributed by atoms with E-state index in [2.05, 4.69) is 54.2 Å². The van der Waals surface area contributed by atoms with Gasteiger partial charge in [0, 0.05) is 12.6 Å². The lowest BCUT2D eigenvalue weighted by Gasteiger charge is -2.35. The molecule has 0 N–H and O–H groups in total. The molecule has 0 aromatic heterocycles. The van der Waals surface area contributed by atoms with Gasteiger partial charge < -0.3 is 4.90 Å². The van der Waals surface area contributed by atoms with E-state index in [1.165, 1.54) is 31.5 Å². The highest BCUT2D eigenvalue weighted by Crippen LogP contribution is 2.16. The van der Waals surface area contributed by atoms with Gasteiger partial charge in [-0.3, -0.25) is 4.90 Å². The van der Waals surface area contributed by atoms with Gasteiger partial charge in [0.05, 0.1) is 0 Å². The van der Waals surface area contributed by atoms with Gasteiger partial charge in [-0.15, -0.1) is 0 Å². The summed E-state index contributed by atoms with van der Waals surface area (Å²) in [6.45, 7) is 11.6. The number of rotatable bonds is 3. The van der Waals surface area contributed by atoms with Crippen LogP contribution in [0.2, 0.25) is 0 Å². The Morgan fingerprint density at radius 1 is 1.00 bits per heavy atom. The minimum absolute atomic E-state index is 0.761. The van der Waals surface area contributed by atoms with Crippen molar-refractivity contribution in [3.8, 4) is 0 Å². The molecule has 2 heteroatoms. The molecule has 0 aliphatic carbocycles. The largest absolute Gasteiger partial charge is 0.306 e. The fourth-order valence-electron chi connectivity index (χ4n) is 2.44. The first kappa shape index (κ1) is 19.1. The third kappa shape index (κ3) is 7.06. The van der Waals surface area contributed by atoms with E-state index in [4.69, 9.17) is 0 Å². The first-order valence-corrected chi connectivity index (χ1v) is 8.18. The van der Waals surface area contributed by atoms with Crippen LogP contribution < -0.4 is 0 Å². The summed E-state index contributed by atoms with van der Waals surface area (Å²) >= 11 is 0. The second-order valence-corrected chi connectivity index (χ2v) is 4.94. The van der Waals surface area contributed by atoms with Crippen molar-refractivity contribution in [2.24, 2.45) is 0 Å². The molecule has 0 saturated carbocycles. The van der Waals surface area contributed by atoms with Crippen LogP contribution in [0.3, 0.4) is 0 Å². The number of hydrogen-bond acceptors (Lipinski definition) is 2. The summed E-state index contributed by atoms with van der Waals surface area (Å²) in [6.07, 6.45) is 2.61. The quantitative estimate of drug-likeness (QED) is 0.815. The van der Waals surface area contributed by atoms with Crippen LogP contribution in [-0.2, 0) is 6.54 Å². The molecular weight excluding hydrogens is 244 g/mol. The predicted octanol–water partition coefficient (Wildman–Crippen LogP) is 4.27. The molecule has 1 aliphatic rings. The van der Waals surface area contributed by atoms with Crippen LogP contribution in [0, 0.1) is 0 Å². The highest BCUT2D eigenvalue weighted by Gasteiger charge is 2.20. The normalized spacial score (nSPS) is 15.9. The van der Waals surface area contributed by atoms with Crippen LogP contribution in [0.15, 0.2) is 30.3 Å². The maximum absolute atomic E-state index is 2.50. The summed E-state index contributed by atoms with van der Waals surface area (Å²) in [5, 5.41) is 0. The maximum atomic E-state index is 2.50. The third-order valence-electron chi connectivity index (χ3n) is 3.59. The number of likely N-dealkylation sites (tertiary alicyclic amines) is 1. The van der Waals surface area contributed by atoms with E-state index in [1.54, 1.807) is 0 Å². The topological polar surface area (TPSA) is 6.48 Å². The Kier molecular flexibility index (Phi) is 11.4. The molecule has 20 heavy (non-hydrogen) atoms. The molecule has 116 valence electrons. The zero-order valence-electron chi connectivity index (χ0n) is 14.4. The van der Waals surface area contributed by atoms with E-state index in [0.717, 1.165) is 12.6 Å². The Morgan fingerprint density at radius 2 is 1.50 bits per heavy atom. The van der Waals surface area contributed by atoms with E-state index in [9.17, 15) is 0 Å². The summed E-state index contributed by atoms with van der Waals surface area (Å²) < 4.78 is 0. The van der Waals surface area contributed by atoms with E-state index >= 15 is 0 Å². The molecule has 0 bridgehead atoms. The molecule has 0 amide bonds. The Labute approximate surface area is 126 Å². The van der Waals surface area contributed by atoms with Crippen molar-refractivity contribution < 1.29 is 0 Å². The van der Waals surface area contributed by atoms with Gasteiger partial charge in [0.2, 0.25) is 0 Å². The zero-order valence-corrected chi connectivity index (χ0v) is 14.4. The van der Waals surface area contributed by atoms with Crippen molar-refractivity contribution in [1.29, 1.82) is 0 Å². The van der Waals surface area contributed by atoms with E-state index in [0.29, 0.717) is 0 Å². The minimum Gasteiger partial charge on any atom is -0.306 e. The number of hydrogen-bond donors (Lipinski definition) is 0. The molecule has 0 radical (unpaired) electrons. The average Bonchev–Trinajstić information content (AvgIpc) is 2.53. The van der Waals surface area contributed by atoms with Gasteiger partial charge in [0.15, 0.2) is 0 Å². The first-order chi connectivity index (χ1) is 9.75. The summed E-state index contributed by atoms with van der Waals surface area (Å²) in [5.41, 5.74) is 1.42. The van der Waals surface area contributed by atoms with Gasteiger partial charge in [-0.2, -0.15) is 0 Å². The molecule has 1 saturated heterocycles. The van der Waals surface area contributed by atoms with Crippen LogP contribution in [-0.4, -0.2) is 43.0 Å². The van der Waals surface area contributed by atoms with Crippen LogP contribution in [0.25, 0.3) is 0 Å². The molecule has 1 aromatic rings. The molecule has 1 aromatic carbocycles. The zero-order chi connectivity index (χ0) is 15.4. The van der Waals surface area contributed by atoms with E-state index in [-0.39, 0.29) is 0 Å². The average molecular weight is 278 g/mol. The highest BCUT2D eigenvalue weighted by molar-refractivity contribution is 5.14. The lowest BCUT2D eigenvalue weighted by molar-refractivity contribution is 0.139. The molecule has 0 spiro atoms. The second-order valence-electron chi connectivity index (χ2n) is 4.94. The summed E-state index contributed by atoms with van der Waals surface area (Å²) in [5.74, 6) is 0. The van der Waals surface area contributed by atoms with Crippen LogP contribution in [0.4, 0.5) is 0 Å². The molecule has 0 atom stereocenters. The van der Waals surface area contributed by atoms with Crippen LogP contribution in [0.1, 0.15) is 46.1 Å². The number of benzene rings is 1. The Morgan fingerprint density at radius 3 is 2.00 bits per heavy atom. The van der Waals surface area contributed by atoms with Gasteiger partial charge in [-0.1, -0.05) is 58.0 Å². The second kappa shape index (κ2) is 11.9. The van der Waals surface area contributed by atoms with Gasteiger partial charge in [-0.05, 0) is 45.6 Å². The third-order valence-corrected chi connectivity index (χ3v) is 3.59. The molecule has 2 nitrogen and oxygen atoms in total. The first-order valence-electron chi connectivity index (χ1n) is 8.18. The fraction of sp³-hybridized carbons (Fsp3) is 0.667. The summed E-state index contributed by atoms with van der Waals surface area (Å²) in [7, 11) is 4.47. The standard InChI is InChI=1S/C14H22N2.2C2H6/c1-15-10-8-14(9-11-15)16(2)12-13-6-4-3-5-7-13;2*1-2/h3-7,14H,8-12H2,1-2H3;2*1-2H3. The van der Waals surface area contributed by atoms with Gasteiger partial charge in [0.1, 0.15) is 0 Å². The molecule has 2 rings (SSSR count). The van der Waals surface area contributed by atoms with Crippen LogP contribution >= 0.6 is 0 Å². The van der Waals surface area contributed by atoms with Crippen molar-refractivity contribution in [1.82, 2.24) is 9.80 Å². The van der Waals surface area contributed by atoms with Crippen molar-refractivity contribution in [3.63, 3.8) is 0 Å². The molecule has 0 unspecified atom stereocenters. The fourth-order valence-corrected chi connectivity index (χ4v) is 2.44. The van der Waals surface area contributed by atoms with Crippen molar-refractivity contribution in [2.75, 3.05) is 27.2 Å². The van der Waals surface area contributed by atoms with Crippen LogP contribution in [0.5, 0.6) is 0 Å². The monoisotopic (exact) mass is 278 g/mol. The number of piperidine rings is 1. The summed E-state index contributed by atoms with van der Waals surface area (Å²) in [6, 6.07) is 11.5. The molecular formula is C18H34N2. The number of nitrogens with zero attached hydrogens (tertiary/aromatic N) is 2. The van der Waals surface area contributed by atoms with Crippen molar-refractivity contribution in [3.05, 3.63) is 35.9 Å². The minimum atomic E-state index is 0.761. The Bertz CT molecular complexity index is 302. The molecule has 1 fully saturated rings. The van der Waals surface area contributed by atoms with Gasteiger partial charge in [0.25, 0.3) is 0 Å². The summed E-state index contributed by atoms with van der Waals surface area (Å²) in [4.78, 5) is 4.93. The Balaban J connectivity index is 0.000000829. The van der Waals surface area contributed by atoms with E-state index in [1.807, 2.05) is 27.7 Å².